The van der Waals surface area contributed by atoms with Crippen LogP contribution < -0.4 is 9.47 Å². The summed E-state index contributed by atoms with van der Waals surface area (Å²) in [5, 5.41) is 0. The van der Waals surface area contributed by atoms with E-state index in [9.17, 15) is 0 Å². The third-order valence-electron chi connectivity index (χ3n) is 3.93. The second kappa shape index (κ2) is 4.52. The standard InChI is InChI=1S/C17H16N2O2/c1-10-7-12-13(8-11(10)2)19-17(18-12)16-9-20-14-5-3-4-6-15(14)21-16/h3-8,16H,9H2,1-2H3,(H,18,19). The number of aromatic amines is 1. The zero-order valence-corrected chi connectivity index (χ0v) is 12.0. The lowest BCUT2D eigenvalue weighted by Crippen LogP contribution is -2.22. The number of rotatable bonds is 1. The fourth-order valence-electron chi connectivity index (χ4n) is 2.60. The summed E-state index contributed by atoms with van der Waals surface area (Å²) in [7, 11) is 0. The van der Waals surface area contributed by atoms with Gasteiger partial charge in [0, 0.05) is 0 Å². The number of aromatic nitrogens is 2. The molecule has 1 aliphatic heterocycles. The Morgan fingerprint density at radius 1 is 1.10 bits per heavy atom. The molecule has 1 aromatic heterocycles. The van der Waals surface area contributed by atoms with Crippen molar-refractivity contribution in [1.29, 1.82) is 0 Å². The molecule has 2 heterocycles. The number of H-pyrrole nitrogens is 1. The monoisotopic (exact) mass is 280 g/mol. The maximum absolute atomic E-state index is 5.99. The van der Waals surface area contributed by atoms with Gasteiger partial charge >= 0.3 is 0 Å². The topological polar surface area (TPSA) is 47.1 Å². The van der Waals surface area contributed by atoms with Gasteiger partial charge in [-0.15, -0.1) is 0 Å². The summed E-state index contributed by atoms with van der Waals surface area (Å²) in [6.07, 6.45) is -0.201. The number of nitrogens with zero attached hydrogens (tertiary/aromatic N) is 1. The largest absolute Gasteiger partial charge is 0.485 e. The smallest absolute Gasteiger partial charge is 0.190 e. The molecule has 1 atom stereocenters. The normalized spacial score (nSPS) is 17.1. The van der Waals surface area contributed by atoms with Gasteiger partial charge in [-0.1, -0.05) is 12.1 Å². The summed E-state index contributed by atoms with van der Waals surface area (Å²) in [4.78, 5) is 8.00. The minimum Gasteiger partial charge on any atom is -0.485 e. The third kappa shape index (κ3) is 2.03. The Bertz CT molecular complexity index is 784. The van der Waals surface area contributed by atoms with Crippen molar-refractivity contribution < 1.29 is 9.47 Å². The van der Waals surface area contributed by atoms with Crippen molar-refractivity contribution in [3.05, 3.63) is 53.3 Å². The van der Waals surface area contributed by atoms with Crippen LogP contribution in [0.5, 0.6) is 11.5 Å². The molecule has 0 radical (unpaired) electrons. The average molecular weight is 280 g/mol. The first-order valence-electron chi connectivity index (χ1n) is 7.06. The van der Waals surface area contributed by atoms with E-state index < -0.39 is 0 Å². The van der Waals surface area contributed by atoms with Gasteiger partial charge in [0.1, 0.15) is 6.61 Å². The van der Waals surface area contributed by atoms with E-state index in [1.807, 2.05) is 24.3 Å². The van der Waals surface area contributed by atoms with Crippen molar-refractivity contribution in [2.75, 3.05) is 6.61 Å². The molecule has 0 aliphatic carbocycles. The molecule has 1 N–H and O–H groups in total. The highest BCUT2D eigenvalue weighted by atomic mass is 16.6. The average Bonchev–Trinajstić information content (AvgIpc) is 2.90. The summed E-state index contributed by atoms with van der Waals surface area (Å²) >= 11 is 0. The van der Waals surface area contributed by atoms with Gasteiger partial charge in [-0.25, -0.2) is 4.98 Å². The second-order valence-electron chi connectivity index (χ2n) is 5.44. The van der Waals surface area contributed by atoms with Gasteiger partial charge in [-0.3, -0.25) is 0 Å². The Kier molecular flexibility index (Phi) is 2.64. The quantitative estimate of drug-likeness (QED) is 0.739. The molecule has 0 bridgehead atoms. The van der Waals surface area contributed by atoms with Crippen LogP contribution in [0, 0.1) is 13.8 Å². The maximum atomic E-state index is 5.99. The summed E-state index contributed by atoms with van der Waals surface area (Å²) in [5.74, 6) is 2.36. The number of benzene rings is 2. The van der Waals surface area contributed by atoms with Crippen molar-refractivity contribution in [3.8, 4) is 11.5 Å². The van der Waals surface area contributed by atoms with E-state index in [4.69, 9.17) is 9.47 Å². The Labute approximate surface area is 122 Å². The van der Waals surface area contributed by atoms with Crippen LogP contribution in [0.2, 0.25) is 0 Å². The van der Waals surface area contributed by atoms with E-state index in [2.05, 4.69) is 35.9 Å². The Hall–Kier alpha value is -2.49. The molecule has 0 spiro atoms. The fraction of sp³-hybridized carbons (Fsp3) is 0.235. The Morgan fingerprint density at radius 2 is 1.86 bits per heavy atom. The lowest BCUT2D eigenvalue weighted by atomic mass is 10.1. The number of hydrogen-bond acceptors (Lipinski definition) is 3. The van der Waals surface area contributed by atoms with Gasteiger partial charge in [0.2, 0.25) is 0 Å². The summed E-state index contributed by atoms with van der Waals surface area (Å²) in [5.41, 5.74) is 4.50. The molecule has 4 heteroatoms. The molecule has 3 aromatic rings. The van der Waals surface area contributed by atoms with Crippen LogP contribution >= 0.6 is 0 Å². The first kappa shape index (κ1) is 12.3. The molecule has 21 heavy (non-hydrogen) atoms. The number of imidazole rings is 1. The van der Waals surface area contributed by atoms with Gasteiger partial charge in [0.25, 0.3) is 0 Å². The zero-order chi connectivity index (χ0) is 14.4. The first-order chi connectivity index (χ1) is 10.2. The van der Waals surface area contributed by atoms with E-state index in [0.717, 1.165) is 28.4 Å². The number of fused-ring (bicyclic) bond motifs is 2. The predicted octanol–water partition coefficient (Wildman–Crippen LogP) is 3.69. The van der Waals surface area contributed by atoms with Crippen molar-refractivity contribution in [2.24, 2.45) is 0 Å². The van der Waals surface area contributed by atoms with E-state index >= 15 is 0 Å². The number of hydrogen-bond donors (Lipinski definition) is 1. The molecular weight excluding hydrogens is 264 g/mol. The molecule has 0 saturated carbocycles. The van der Waals surface area contributed by atoms with Crippen LogP contribution in [0.4, 0.5) is 0 Å². The minimum absolute atomic E-state index is 0.201. The van der Waals surface area contributed by atoms with Gasteiger partial charge in [-0.05, 0) is 49.2 Å². The van der Waals surface area contributed by atoms with Gasteiger partial charge in [-0.2, -0.15) is 0 Å². The van der Waals surface area contributed by atoms with E-state index in [1.165, 1.54) is 11.1 Å². The highest BCUT2D eigenvalue weighted by Crippen LogP contribution is 2.35. The molecule has 4 rings (SSSR count). The molecule has 0 fully saturated rings. The first-order valence-corrected chi connectivity index (χ1v) is 7.06. The zero-order valence-electron chi connectivity index (χ0n) is 12.0. The molecule has 1 aliphatic rings. The Balaban J connectivity index is 1.71. The van der Waals surface area contributed by atoms with E-state index in [-0.39, 0.29) is 6.10 Å². The van der Waals surface area contributed by atoms with Gasteiger partial charge in [0.05, 0.1) is 11.0 Å². The number of aryl methyl sites for hydroxylation is 2. The van der Waals surface area contributed by atoms with Crippen LogP contribution in [-0.2, 0) is 0 Å². The highest BCUT2D eigenvalue weighted by molar-refractivity contribution is 5.77. The highest BCUT2D eigenvalue weighted by Gasteiger charge is 2.25. The van der Waals surface area contributed by atoms with Gasteiger partial charge < -0.3 is 14.5 Å². The number of nitrogens with one attached hydrogen (secondary N) is 1. The van der Waals surface area contributed by atoms with Crippen LogP contribution in [0.1, 0.15) is 23.1 Å². The van der Waals surface area contributed by atoms with Crippen LogP contribution in [0.3, 0.4) is 0 Å². The van der Waals surface area contributed by atoms with Crippen LogP contribution in [0.15, 0.2) is 36.4 Å². The van der Waals surface area contributed by atoms with Crippen molar-refractivity contribution in [1.82, 2.24) is 9.97 Å². The predicted molar refractivity (Wildman–Crippen MR) is 80.9 cm³/mol. The lowest BCUT2D eigenvalue weighted by molar-refractivity contribution is 0.0859. The molecule has 1 unspecified atom stereocenters. The summed E-state index contributed by atoms with van der Waals surface area (Å²) < 4.78 is 11.7. The lowest BCUT2D eigenvalue weighted by Gasteiger charge is -2.24. The molecule has 2 aromatic carbocycles. The molecule has 4 nitrogen and oxygen atoms in total. The van der Waals surface area contributed by atoms with Crippen molar-refractivity contribution >= 4 is 11.0 Å². The maximum Gasteiger partial charge on any atom is 0.190 e. The molecular formula is C17H16N2O2. The van der Waals surface area contributed by atoms with E-state index in [1.54, 1.807) is 0 Å². The summed E-state index contributed by atoms with van der Waals surface area (Å²) in [6.45, 7) is 4.67. The SMILES string of the molecule is Cc1cc2nc(C3COc4ccccc4O3)[nH]c2cc1C. The van der Waals surface area contributed by atoms with Crippen LogP contribution in [0.25, 0.3) is 11.0 Å². The second-order valence-corrected chi connectivity index (χ2v) is 5.44. The van der Waals surface area contributed by atoms with Gasteiger partial charge in [0.15, 0.2) is 23.4 Å². The minimum atomic E-state index is -0.201. The van der Waals surface area contributed by atoms with Crippen LogP contribution in [-0.4, -0.2) is 16.6 Å². The number of ether oxygens (including phenoxy) is 2. The molecule has 0 amide bonds. The third-order valence-corrected chi connectivity index (χ3v) is 3.93. The molecule has 0 saturated heterocycles. The van der Waals surface area contributed by atoms with E-state index in [0.29, 0.717) is 6.61 Å². The Morgan fingerprint density at radius 3 is 2.71 bits per heavy atom. The van der Waals surface area contributed by atoms with Crippen molar-refractivity contribution in [3.63, 3.8) is 0 Å². The fourth-order valence-corrected chi connectivity index (χ4v) is 2.60. The number of para-hydroxylation sites is 2. The summed E-state index contributed by atoms with van der Waals surface area (Å²) in [6, 6.07) is 11.9. The van der Waals surface area contributed by atoms with Crippen molar-refractivity contribution in [2.45, 2.75) is 20.0 Å². The molecule has 106 valence electrons.